The Morgan fingerprint density at radius 3 is 2.62 bits per heavy atom. The maximum atomic E-state index is 12.1. The van der Waals surface area contributed by atoms with Gasteiger partial charge in [-0.2, -0.15) is 4.72 Å². The van der Waals surface area contributed by atoms with Gasteiger partial charge in [0, 0.05) is 0 Å². The zero-order chi connectivity index (χ0) is 17.9. The Morgan fingerprint density at radius 1 is 1.38 bits per heavy atom. The molecule has 0 fully saturated rings. The first-order valence-corrected chi connectivity index (χ1v) is 9.25. The molecule has 0 bridgehead atoms. The molecule has 2 heterocycles. The van der Waals surface area contributed by atoms with Crippen molar-refractivity contribution < 1.29 is 27.3 Å². The maximum Gasteiger partial charge on any atom is 0.321 e. The highest BCUT2D eigenvalue weighted by molar-refractivity contribution is 7.89. The summed E-state index contributed by atoms with van der Waals surface area (Å²) in [6, 6.07) is 3.07. The molecular weight excluding hydrogens is 380 g/mol. The van der Waals surface area contributed by atoms with Crippen LogP contribution in [0.4, 0.5) is 0 Å². The number of sulfonamides is 1. The first-order valence-electron chi connectivity index (χ1n) is 6.57. The predicted molar refractivity (Wildman–Crippen MR) is 85.8 cm³/mol. The number of thiophene rings is 1. The molecule has 2 aromatic rings. The predicted octanol–water partition coefficient (Wildman–Crippen LogP) is 1.71. The summed E-state index contributed by atoms with van der Waals surface area (Å²) in [5, 5.41) is 3.54. The third-order valence-corrected chi connectivity index (χ3v) is 5.77. The topological polar surface area (TPSA) is 116 Å². The van der Waals surface area contributed by atoms with Crippen LogP contribution in [0.15, 0.2) is 21.6 Å². The van der Waals surface area contributed by atoms with Gasteiger partial charge in [0.15, 0.2) is 12.4 Å². The lowest BCUT2D eigenvalue weighted by atomic mass is 10.3. The molecule has 0 saturated carbocycles. The molecule has 130 valence electrons. The molecule has 0 radical (unpaired) electrons. The van der Waals surface area contributed by atoms with Crippen LogP contribution in [0, 0.1) is 13.8 Å². The number of esters is 1. The van der Waals surface area contributed by atoms with E-state index in [1.54, 1.807) is 6.07 Å². The molecule has 0 aliphatic rings. The molecule has 0 aromatic carbocycles. The number of ketones is 1. The van der Waals surface area contributed by atoms with Crippen LogP contribution in [-0.2, 0) is 19.6 Å². The van der Waals surface area contributed by atoms with Gasteiger partial charge in [0.2, 0.25) is 15.8 Å². The summed E-state index contributed by atoms with van der Waals surface area (Å²) in [7, 11) is -3.97. The summed E-state index contributed by atoms with van der Waals surface area (Å²) in [5.41, 5.74) is 0.179. The van der Waals surface area contributed by atoms with Crippen molar-refractivity contribution in [3.8, 4) is 0 Å². The second kappa shape index (κ2) is 7.43. The smallest absolute Gasteiger partial charge is 0.321 e. The van der Waals surface area contributed by atoms with Crippen LogP contribution in [0.3, 0.4) is 0 Å². The van der Waals surface area contributed by atoms with Crippen LogP contribution in [0.2, 0.25) is 4.34 Å². The third-order valence-electron chi connectivity index (χ3n) is 2.86. The van der Waals surface area contributed by atoms with Crippen LogP contribution in [0.25, 0.3) is 0 Å². The summed E-state index contributed by atoms with van der Waals surface area (Å²) < 4.78 is 36.3. The normalized spacial score (nSPS) is 11.5. The van der Waals surface area contributed by atoms with E-state index in [2.05, 4.69) is 9.88 Å². The zero-order valence-electron chi connectivity index (χ0n) is 12.7. The number of hydrogen-bond donors (Lipinski definition) is 1. The third kappa shape index (κ3) is 4.41. The van der Waals surface area contributed by atoms with E-state index in [-0.39, 0.29) is 16.3 Å². The largest absolute Gasteiger partial charge is 0.456 e. The van der Waals surface area contributed by atoms with Gasteiger partial charge in [-0.1, -0.05) is 16.8 Å². The molecule has 24 heavy (non-hydrogen) atoms. The van der Waals surface area contributed by atoms with E-state index in [1.807, 2.05) is 0 Å². The highest BCUT2D eigenvalue weighted by Crippen LogP contribution is 2.21. The van der Waals surface area contributed by atoms with Gasteiger partial charge >= 0.3 is 5.97 Å². The minimum Gasteiger partial charge on any atom is -0.456 e. The van der Waals surface area contributed by atoms with Gasteiger partial charge in [-0.05, 0) is 26.0 Å². The number of carbonyl (C=O) groups excluding carboxylic acids is 2. The van der Waals surface area contributed by atoms with Gasteiger partial charge in [0.25, 0.3) is 0 Å². The first kappa shape index (κ1) is 18.6. The van der Waals surface area contributed by atoms with Gasteiger partial charge in [0.05, 0.1) is 9.21 Å². The van der Waals surface area contributed by atoms with Crippen LogP contribution < -0.4 is 4.72 Å². The molecule has 0 aliphatic heterocycles. The van der Waals surface area contributed by atoms with Crippen molar-refractivity contribution in [2.24, 2.45) is 0 Å². The van der Waals surface area contributed by atoms with E-state index >= 15 is 0 Å². The van der Waals surface area contributed by atoms with Crippen molar-refractivity contribution >= 4 is 44.7 Å². The van der Waals surface area contributed by atoms with Gasteiger partial charge in [-0.15, -0.1) is 11.3 Å². The van der Waals surface area contributed by atoms with E-state index in [0.29, 0.717) is 9.21 Å². The van der Waals surface area contributed by atoms with Gasteiger partial charge in [-0.3, -0.25) is 9.59 Å². The molecule has 2 rings (SSSR count). The average molecular weight is 393 g/mol. The number of aromatic nitrogens is 1. The summed E-state index contributed by atoms with van der Waals surface area (Å²) in [4.78, 5) is 23.6. The van der Waals surface area contributed by atoms with Crippen LogP contribution in [-0.4, -0.2) is 38.5 Å². The lowest BCUT2D eigenvalue weighted by Crippen LogP contribution is -2.32. The summed E-state index contributed by atoms with van der Waals surface area (Å²) in [5.74, 6) is -1.20. The number of rotatable bonds is 7. The Morgan fingerprint density at radius 2 is 2.08 bits per heavy atom. The summed E-state index contributed by atoms with van der Waals surface area (Å²) in [6.07, 6.45) is 0. The standard InChI is InChI=1S/C13H13ClN2O6S2/c1-7-13(8(2)22-16-7)24(19,20)15-5-12(18)21-6-9(17)10-3-4-11(14)23-10/h3-4,15H,5-6H2,1-2H3. The fourth-order valence-corrected chi connectivity index (χ4v) is 4.08. The molecule has 0 unspecified atom stereocenters. The Kier molecular flexibility index (Phi) is 5.75. The average Bonchev–Trinajstić information content (AvgIpc) is 3.09. The molecular formula is C13H13ClN2O6S2. The van der Waals surface area contributed by atoms with E-state index in [0.717, 1.165) is 11.3 Å². The van der Waals surface area contributed by atoms with Crippen LogP contribution >= 0.6 is 22.9 Å². The quantitative estimate of drug-likeness (QED) is 0.563. The van der Waals surface area contributed by atoms with E-state index in [9.17, 15) is 18.0 Å². The first-order chi connectivity index (χ1) is 11.2. The van der Waals surface area contributed by atoms with Gasteiger partial charge < -0.3 is 9.26 Å². The van der Waals surface area contributed by atoms with E-state index in [1.165, 1.54) is 19.9 Å². The van der Waals surface area contributed by atoms with E-state index in [4.69, 9.17) is 20.9 Å². The number of ether oxygens (including phenoxy) is 1. The Hall–Kier alpha value is -1.75. The lowest BCUT2D eigenvalue weighted by Gasteiger charge is -2.06. The molecule has 2 aromatic heterocycles. The molecule has 0 atom stereocenters. The van der Waals surface area contributed by atoms with Crippen molar-refractivity contribution in [1.82, 2.24) is 9.88 Å². The Balaban J connectivity index is 1.88. The molecule has 0 amide bonds. The lowest BCUT2D eigenvalue weighted by molar-refractivity contribution is -0.141. The van der Waals surface area contributed by atoms with Crippen molar-refractivity contribution in [2.75, 3.05) is 13.2 Å². The number of aryl methyl sites for hydroxylation is 2. The number of halogens is 1. The second-order valence-corrected chi connectivity index (χ2v) is 8.08. The number of Topliss-reactive ketones (excluding diaryl/α,β-unsaturated/α-hetero) is 1. The maximum absolute atomic E-state index is 12.1. The van der Waals surface area contributed by atoms with Gasteiger partial charge in [-0.25, -0.2) is 8.42 Å². The Labute approximate surface area is 146 Å². The zero-order valence-corrected chi connectivity index (χ0v) is 15.0. The van der Waals surface area contributed by atoms with Crippen molar-refractivity contribution in [1.29, 1.82) is 0 Å². The monoisotopic (exact) mass is 392 g/mol. The second-order valence-electron chi connectivity index (χ2n) is 4.67. The van der Waals surface area contributed by atoms with Crippen LogP contribution in [0.1, 0.15) is 21.1 Å². The highest BCUT2D eigenvalue weighted by Gasteiger charge is 2.25. The van der Waals surface area contributed by atoms with Crippen molar-refractivity contribution in [3.05, 3.63) is 32.8 Å². The van der Waals surface area contributed by atoms with Gasteiger partial charge in [0.1, 0.15) is 17.1 Å². The minimum absolute atomic E-state index is 0.109. The number of nitrogens with zero attached hydrogens (tertiary/aromatic N) is 1. The van der Waals surface area contributed by atoms with Crippen molar-refractivity contribution in [3.63, 3.8) is 0 Å². The number of hydrogen-bond acceptors (Lipinski definition) is 8. The molecule has 11 heteroatoms. The molecule has 0 spiro atoms. The van der Waals surface area contributed by atoms with E-state index < -0.39 is 34.9 Å². The minimum atomic E-state index is -3.97. The number of carbonyl (C=O) groups is 2. The SMILES string of the molecule is Cc1noc(C)c1S(=O)(=O)NCC(=O)OCC(=O)c1ccc(Cl)s1. The number of nitrogens with one attached hydrogen (secondary N) is 1. The Bertz CT molecular complexity index is 851. The molecule has 1 N–H and O–H groups in total. The fourth-order valence-electron chi connectivity index (χ4n) is 1.82. The van der Waals surface area contributed by atoms with Crippen LogP contribution in [0.5, 0.6) is 0 Å². The fraction of sp³-hybridized carbons (Fsp3) is 0.308. The summed E-state index contributed by atoms with van der Waals surface area (Å²) >= 11 is 6.77. The molecule has 0 saturated heterocycles. The molecule has 8 nitrogen and oxygen atoms in total. The highest BCUT2D eigenvalue weighted by atomic mass is 35.5. The molecule has 0 aliphatic carbocycles. The summed E-state index contributed by atoms with van der Waals surface area (Å²) in [6.45, 7) is 1.79. The van der Waals surface area contributed by atoms with Crippen molar-refractivity contribution in [2.45, 2.75) is 18.7 Å².